The maximum Gasteiger partial charge on any atom is 0.114 e. The Morgan fingerprint density at radius 3 is 2.28 bits per heavy atom. The van der Waals surface area contributed by atoms with E-state index in [2.05, 4.69) is 19.1 Å². The van der Waals surface area contributed by atoms with Gasteiger partial charge in [-0.15, -0.1) is 0 Å². The molecule has 0 bridgehead atoms. The molecule has 25 heavy (non-hydrogen) atoms. The van der Waals surface area contributed by atoms with Crippen LogP contribution in [-0.4, -0.2) is 59.6 Å². The highest BCUT2D eigenvalue weighted by Gasteiger charge is 2.39. The maximum atomic E-state index is 9.90. The second kappa shape index (κ2) is 14.7. The fraction of sp³-hybridized carbons (Fsp3) is 0.900. The molecule has 5 heteroatoms. The van der Waals surface area contributed by atoms with Gasteiger partial charge in [-0.2, -0.15) is 0 Å². The van der Waals surface area contributed by atoms with Gasteiger partial charge in [0.15, 0.2) is 0 Å². The van der Waals surface area contributed by atoms with Gasteiger partial charge in [-0.1, -0.05) is 57.6 Å². The molecule has 1 saturated heterocycles. The number of allylic oxidation sites excluding steroid dienone is 2. The van der Waals surface area contributed by atoms with Gasteiger partial charge in [0.2, 0.25) is 0 Å². The van der Waals surface area contributed by atoms with Crippen molar-refractivity contribution < 1.29 is 24.8 Å². The smallest absolute Gasteiger partial charge is 0.114 e. The highest BCUT2D eigenvalue weighted by molar-refractivity contribution is 4.87. The summed E-state index contributed by atoms with van der Waals surface area (Å²) in [6.45, 7) is 3.03. The van der Waals surface area contributed by atoms with Crippen molar-refractivity contribution in [3.05, 3.63) is 12.2 Å². The largest absolute Gasteiger partial charge is 0.388 e. The van der Waals surface area contributed by atoms with Crippen LogP contribution < -0.4 is 0 Å². The Morgan fingerprint density at radius 1 is 1.00 bits per heavy atom. The van der Waals surface area contributed by atoms with Crippen molar-refractivity contribution in [1.29, 1.82) is 0 Å². The Balaban J connectivity index is 1.83. The van der Waals surface area contributed by atoms with Gasteiger partial charge in [0.1, 0.15) is 24.4 Å². The summed E-state index contributed by atoms with van der Waals surface area (Å²) in [6.07, 6.45) is 13.2. The zero-order chi connectivity index (χ0) is 18.3. The van der Waals surface area contributed by atoms with E-state index in [9.17, 15) is 15.3 Å². The van der Waals surface area contributed by atoms with E-state index in [1.165, 1.54) is 51.4 Å². The summed E-state index contributed by atoms with van der Waals surface area (Å²) in [5.74, 6) is 0. The third kappa shape index (κ3) is 10.3. The molecular weight excluding hydrogens is 320 g/mol. The third-order valence-electron chi connectivity index (χ3n) is 4.64. The summed E-state index contributed by atoms with van der Waals surface area (Å²) in [6, 6.07) is 0. The monoisotopic (exact) mass is 358 g/mol. The fourth-order valence-corrected chi connectivity index (χ4v) is 3.02. The second-order valence-electron chi connectivity index (χ2n) is 7.02. The van der Waals surface area contributed by atoms with Crippen LogP contribution in [0, 0.1) is 0 Å². The molecular formula is C20H38O5. The molecule has 1 heterocycles. The summed E-state index contributed by atoms with van der Waals surface area (Å²) in [5.41, 5.74) is 0. The Kier molecular flexibility index (Phi) is 13.3. The van der Waals surface area contributed by atoms with Gasteiger partial charge < -0.3 is 24.8 Å². The zero-order valence-corrected chi connectivity index (χ0v) is 15.8. The van der Waals surface area contributed by atoms with E-state index in [-0.39, 0.29) is 13.2 Å². The van der Waals surface area contributed by atoms with Crippen molar-refractivity contribution in [2.45, 2.75) is 95.5 Å². The lowest BCUT2D eigenvalue weighted by Gasteiger charge is -2.20. The Bertz CT molecular complexity index is 334. The number of hydrogen-bond donors (Lipinski definition) is 3. The minimum Gasteiger partial charge on any atom is -0.388 e. The van der Waals surface area contributed by atoms with Gasteiger partial charge in [0.05, 0.1) is 13.2 Å². The van der Waals surface area contributed by atoms with E-state index in [1.54, 1.807) is 0 Å². The Labute approximate surface area is 153 Å². The van der Waals surface area contributed by atoms with Crippen LogP contribution in [0.25, 0.3) is 0 Å². The molecule has 0 aromatic heterocycles. The maximum absolute atomic E-state index is 9.90. The van der Waals surface area contributed by atoms with Crippen LogP contribution in [0.15, 0.2) is 12.2 Å². The average molecular weight is 359 g/mol. The lowest BCUT2D eigenvalue weighted by atomic mass is 10.1. The molecule has 3 N–H and O–H groups in total. The molecule has 1 fully saturated rings. The summed E-state index contributed by atoms with van der Waals surface area (Å²) in [4.78, 5) is 0. The first-order chi connectivity index (χ1) is 12.2. The first-order valence-corrected chi connectivity index (χ1v) is 10.0. The first-order valence-electron chi connectivity index (χ1n) is 10.0. The number of ether oxygens (including phenoxy) is 2. The molecule has 0 amide bonds. The van der Waals surface area contributed by atoms with Crippen LogP contribution in [0.2, 0.25) is 0 Å². The van der Waals surface area contributed by atoms with Crippen molar-refractivity contribution in [2.75, 3.05) is 19.8 Å². The van der Waals surface area contributed by atoms with E-state index >= 15 is 0 Å². The summed E-state index contributed by atoms with van der Waals surface area (Å²) in [7, 11) is 0. The summed E-state index contributed by atoms with van der Waals surface area (Å²) < 4.78 is 10.6. The number of aliphatic hydroxyl groups is 3. The van der Waals surface area contributed by atoms with Crippen molar-refractivity contribution in [3.8, 4) is 0 Å². The molecule has 0 saturated carbocycles. The van der Waals surface area contributed by atoms with Crippen molar-refractivity contribution in [2.24, 2.45) is 0 Å². The van der Waals surface area contributed by atoms with Gasteiger partial charge in [-0.25, -0.2) is 0 Å². The number of aliphatic hydroxyl groups excluding tert-OH is 3. The number of rotatable bonds is 15. The molecule has 0 aromatic carbocycles. The van der Waals surface area contributed by atoms with Crippen LogP contribution in [0.4, 0.5) is 0 Å². The van der Waals surface area contributed by atoms with E-state index in [0.29, 0.717) is 6.61 Å². The highest BCUT2D eigenvalue weighted by atomic mass is 16.5. The lowest BCUT2D eigenvalue weighted by Crippen LogP contribution is -2.40. The molecule has 148 valence electrons. The topological polar surface area (TPSA) is 79.2 Å². The molecule has 0 spiro atoms. The Morgan fingerprint density at radius 2 is 1.64 bits per heavy atom. The van der Waals surface area contributed by atoms with Crippen LogP contribution in [0.5, 0.6) is 0 Å². The molecule has 0 radical (unpaired) electrons. The summed E-state index contributed by atoms with van der Waals surface area (Å²) >= 11 is 0. The van der Waals surface area contributed by atoms with Gasteiger partial charge in [0.25, 0.3) is 0 Å². The highest BCUT2D eigenvalue weighted by Crippen LogP contribution is 2.18. The fourth-order valence-electron chi connectivity index (χ4n) is 3.02. The normalized spacial score (nSPS) is 25.0. The standard InChI is InChI=1S/C20H38O5/c1-2-3-4-5-6-7-8-9-10-11-12-13-14-24-15-18(22)20-19(23)17(21)16-25-20/h4-5,17-23H,2-3,6-16H2,1H3/b5-4+/t17-,18+,19+,20+/m0/s1. The minimum absolute atomic E-state index is 0.0674. The average Bonchev–Trinajstić information content (AvgIpc) is 2.94. The molecule has 0 aliphatic carbocycles. The van der Waals surface area contributed by atoms with Crippen LogP contribution >= 0.6 is 0 Å². The van der Waals surface area contributed by atoms with Gasteiger partial charge >= 0.3 is 0 Å². The minimum atomic E-state index is -1.03. The molecule has 1 rings (SSSR count). The number of unbranched alkanes of at least 4 members (excludes halogenated alkanes) is 8. The van der Waals surface area contributed by atoms with Crippen molar-refractivity contribution in [1.82, 2.24) is 0 Å². The molecule has 4 atom stereocenters. The van der Waals surface area contributed by atoms with E-state index in [0.717, 1.165) is 12.8 Å². The SMILES string of the molecule is CCC/C=C/CCCCCCCCCOC[C@@H](O)[C@H]1OC[C@H](O)[C@H]1O. The van der Waals surface area contributed by atoms with Gasteiger partial charge in [0, 0.05) is 6.61 Å². The van der Waals surface area contributed by atoms with Crippen LogP contribution in [-0.2, 0) is 9.47 Å². The van der Waals surface area contributed by atoms with Gasteiger partial charge in [-0.3, -0.25) is 0 Å². The van der Waals surface area contributed by atoms with E-state index < -0.39 is 24.4 Å². The molecule has 1 aliphatic heterocycles. The zero-order valence-electron chi connectivity index (χ0n) is 15.8. The predicted octanol–water partition coefficient (Wildman–Crippen LogP) is 2.96. The Hall–Kier alpha value is -0.460. The van der Waals surface area contributed by atoms with Gasteiger partial charge in [-0.05, 0) is 25.7 Å². The summed E-state index contributed by atoms with van der Waals surface area (Å²) in [5, 5.41) is 28.9. The van der Waals surface area contributed by atoms with Crippen LogP contribution in [0.1, 0.15) is 71.1 Å². The quantitative estimate of drug-likeness (QED) is 0.310. The predicted molar refractivity (Wildman–Crippen MR) is 99.6 cm³/mol. The second-order valence-corrected chi connectivity index (χ2v) is 7.02. The third-order valence-corrected chi connectivity index (χ3v) is 4.64. The van der Waals surface area contributed by atoms with Crippen molar-refractivity contribution in [3.63, 3.8) is 0 Å². The van der Waals surface area contributed by atoms with Crippen molar-refractivity contribution >= 4 is 0 Å². The van der Waals surface area contributed by atoms with E-state index in [1.807, 2.05) is 0 Å². The lowest BCUT2D eigenvalue weighted by molar-refractivity contribution is -0.0813. The molecule has 0 unspecified atom stereocenters. The first kappa shape index (κ1) is 22.6. The van der Waals surface area contributed by atoms with E-state index in [4.69, 9.17) is 9.47 Å². The molecule has 5 nitrogen and oxygen atoms in total. The number of hydrogen-bond acceptors (Lipinski definition) is 5. The molecule has 0 aromatic rings. The molecule has 1 aliphatic rings. The van der Waals surface area contributed by atoms with Crippen LogP contribution in [0.3, 0.4) is 0 Å².